The number of aryl methyl sites for hydroxylation is 1. The maximum Gasteiger partial charge on any atom is 0.243 e. The molecule has 1 unspecified atom stereocenters. The zero-order valence-corrected chi connectivity index (χ0v) is 18.1. The second-order valence-electron chi connectivity index (χ2n) is 7.67. The first-order valence-corrected chi connectivity index (χ1v) is 12.3. The van der Waals surface area contributed by atoms with Crippen molar-refractivity contribution in [3.8, 4) is 0 Å². The molecule has 0 saturated carbocycles. The Hall–Kier alpha value is -1.97. The number of hydrogen-bond acceptors (Lipinski definition) is 6. The maximum atomic E-state index is 12.8. The van der Waals surface area contributed by atoms with Crippen LogP contribution < -0.4 is 10.2 Å². The van der Waals surface area contributed by atoms with E-state index in [-0.39, 0.29) is 18.0 Å². The van der Waals surface area contributed by atoms with Crippen molar-refractivity contribution in [3.05, 3.63) is 41.4 Å². The largest absolute Gasteiger partial charge is 0.351 e. The van der Waals surface area contributed by atoms with Crippen LogP contribution in [0.25, 0.3) is 0 Å². The second kappa shape index (κ2) is 8.41. The Labute approximate surface area is 175 Å². The van der Waals surface area contributed by atoms with Crippen LogP contribution >= 0.6 is 11.3 Å². The predicted octanol–water partition coefficient (Wildman–Crippen LogP) is 2.39. The topological polar surface area (TPSA) is 82.6 Å². The standard InChI is InChI=1S/C20H26N4O3S2/c1-15-4-6-17(7-5-15)29(26,27)23-12-8-16(9-13-23)22-19(25)18-3-2-11-24(18)20-21-10-14-28-20/h4-7,10,14,16,18H,2-3,8-9,11-13H2,1H3,(H,22,25). The molecule has 156 valence electrons. The Morgan fingerprint density at radius 2 is 1.86 bits per heavy atom. The summed E-state index contributed by atoms with van der Waals surface area (Å²) in [6, 6.07) is 6.77. The normalized spacial score (nSPS) is 21.4. The Bertz CT molecular complexity index is 937. The summed E-state index contributed by atoms with van der Waals surface area (Å²) < 4.78 is 27.2. The Morgan fingerprint density at radius 1 is 1.14 bits per heavy atom. The molecule has 3 heterocycles. The van der Waals surface area contributed by atoms with E-state index in [1.807, 2.05) is 24.4 Å². The van der Waals surface area contributed by atoms with Crippen molar-refractivity contribution in [1.82, 2.24) is 14.6 Å². The van der Waals surface area contributed by atoms with Gasteiger partial charge in [-0.25, -0.2) is 13.4 Å². The smallest absolute Gasteiger partial charge is 0.243 e. The summed E-state index contributed by atoms with van der Waals surface area (Å²) in [7, 11) is -3.48. The molecule has 2 aliphatic rings. The maximum absolute atomic E-state index is 12.8. The van der Waals surface area contributed by atoms with E-state index in [4.69, 9.17) is 0 Å². The summed E-state index contributed by atoms with van der Waals surface area (Å²) in [5.41, 5.74) is 1.03. The number of nitrogens with one attached hydrogen (secondary N) is 1. The van der Waals surface area contributed by atoms with Gasteiger partial charge in [0.05, 0.1) is 4.90 Å². The summed E-state index contributed by atoms with van der Waals surface area (Å²) >= 11 is 1.55. The Kier molecular flexibility index (Phi) is 5.89. The van der Waals surface area contributed by atoms with Crippen LogP contribution in [-0.2, 0) is 14.8 Å². The van der Waals surface area contributed by atoms with E-state index in [0.717, 1.165) is 30.1 Å². The molecule has 0 radical (unpaired) electrons. The number of sulfonamides is 1. The Balaban J connectivity index is 1.34. The molecule has 1 aromatic carbocycles. The van der Waals surface area contributed by atoms with E-state index in [2.05, 4.69) is 15.2 Å². The third-order valence-corrected chi connectivity index (χ3v) is 8.40. The van der Waals surface area contributed by atoms with Crippen molar-refractivity contribution in [2.75, 3.05) is 24.5 Å². The molecule has 0 aliphatic carbocycles. The van der Waals surface area contributed by atoms with Crippen molar-refractivity contribution in [1.29, 1.82) is 0 Å². The van der Waals surface area contributed by atoms with Gasteiger partial charge >= 0.3 is 0 Å². The third kappa shape index (κ3) is 4.31. The number of hydrogen-bond donors (Lipinski definition) is 1. The van der Waals surface area contributed by atoms with Gasteiger partial charge in [0, 0.05) is 37.3 Å². The molecule has 2 fully saturated rings. The monoisotopic (exact) mass is 434 g/mol. The fourth-order valence-electron chi connectivity index (χ4n) is 4.02. The van der Waals surface area contributed by atoms with Gasteiger partial charge in [0.15, 0.2) is 5.13 Å². The number of amides is 1. The van der Waals surface area contributed by atoms with E-state index >= 15 is 0 Å². The molecular weight excluding hydrogens is 408 g/mol. The summed E-state index contributed by atoms with van der Waals surface area (Å²) in [4.78, 5) is 19.6. The molecule has 1 atom stereocenters. The second-order valence-corrected chi connectivity index (χ2v) is 10.5. The number of benzene rings is 1. The molecular formula is C20H26N4O3S2. The van der Waals surface area contributed by atoms with Crippen molar-refractivity contribution >= 4 is 32.4 Å². The van der Waals surface area contributed by atoms with Gasteiger partial charge in [-0.15, -0.1) is 11.3 Å². The molecule has 0 bridgehead atoms. The molecule has 2 saturated heterocycles. The first kappa shape index (κ1) is 20.3. The zero-order valence-electron chi connectivity index (χ0n) is 16.5. The number of nitrogens with zero attached hydrogens (tertiary/aromatic N) is 3. The van der Waals surface area contributed by atoms with Crippen LogP contribution in [0.4, 0.5) is 5.13 Å². The van der Waals surface area contributed by atoms with Gasteiger partial charge in [-0.1, -0.05) is 17.7 Å². The number of anilines is 1. The summed E-state index contributed by atoms with van der Waals surface area (Å²) in [6.07, 6.45) is 4.82. The lowest BCUT2D eigenvalue weighted by atomic mass is 10.1. The minimum Gasteiger partial charge on any atom is -0.351 e. The third-order valence-electron chi connectivity index (χ3n) is 5.68. The Morgan fingerprint density at radius 3 is 2.52 bits per heavy atom. The molecule has 1 N–H and O–H groups in total. The van der Waals surface area contributed by atoms with Crippen molar-refractivity contribution in [3.63, 3.8) is 0 Å². The van der Waals surface area contributed by atoms with E-state index in [1.165, 1.54) is 4.31 Å². The van der Waals surface area contributed by atoms with Crippen molar-refractivity contribution < 1.29 is 13.2 Å². The van der Waals surface area contributed by atoms with Crippen LogP contribution in [0.2, 0.25) is 0 Å². The minimum atomic E-state index is -3.48. The SMILES string of the molecule is Cc1ccc(S(=O)(=O)N2CCC(NC(=O)C3CCCN3c3nccs3)CC2)cc1. The van der Waals surface area contributed by atoms with E-state index in [9.17, 15) is 13.2 Å². The van der Waals surface area contributed by atoms with Crippen LogP contribution in [0.5, 0.6) is 0 Å². The van der Waals surface area contributed by atoms with Gasteiger partial charge in [0.1, 0.15) is 6.04 Å². The molecule has 1 aromatic heterocycles. The van der Waals surface area contributed by atoms with Crippen LogP contribution in [0.3, 0.4) is 0 Å². The highest BCUT2D eigenvalue weighted by atomic mass is 32.2. The molecule has 2 aromatic rings. The summed E-state index contributed by atoms with van der Waals surface area (Å²) in [5.74, 6) is 0.0255. The molecule has 7 nitrogen and oxygen atoms in total. The number of piperidine rings is 1. The van der Waals surface area contributed by atoms with E-state index in [1.54, 1.807) is 29.7 Å². The van der Waals surface area contributed by atoms with Crippen LogP contribution in [0.1, 0.15) is 31.2 Å². The van der Waals surface area contributed by atoms with Gasteiger partial charge in [-0.3, -0.25) is 4.79 Å². The number of aromatic nitrogens is 1. The fourth-order valence-corrected chi connectivity index (χ4v) is 6.21. The highest BCUT2D eigenvalue weighted by molar-refractivity contribution is 7.89. The van der Waals surface area contributed by atoms with Crippen LogP contribution in [-0.4, -0.2) is 55.3 Å². The molecule has 2 aliphatic heterocycles. The summed E-state index contributed by atoms with van der Waals surface area (Å²) in [6.45, 7) is 3.62. The van der Waals surface area contributed by atoms with Gasteiger partial charge < -0.3 is 10.2 Å². The molecule has 0 spiro atoms. The van der Waals surface area contributed by atoms with Crippen molar-refractivity contribution in [2.24, 2.45) is 0 Å². The average molecular weight is 435 g/mol. The van der Waals surface area contributed by atoms with E-state index in [0.29, 0.717) is 30.8 Å². The lowest BCUT2D eigenvalue weighted by molar-refractivity contribution is -0.123. The molecule has 29 heavy (non-hydrogen) atoms. The zero-order chi connectivity index (χ0) is 20.4. The first-order valence-electron chi connectivity index (χ1n) is 9.98. The van der Waals surface area contributed by atoms with Crippen molar-refractivity contribution in [2.45, 2.75) is 49.6 Å². The minimum absolute atomic E-state index is 0.00529. The average Bonchev–Trinajstić information content (AvgIpc) is 3.40. The highest BCUT2D eigenvalue weighted by Gasteiger charge is 2.35. The van der Waals surface area contributed by atoms with Crippen LogP contribution in [0, 0.1) is 6.92 Å². The van der Waals surface area contributed by atoms with Gasteiger partial charge in [0.2, 0.25) is 15.9 Å². The predicted molar refractivity (Wildman–Crippen MR) is 114 cm³/mol. The summed E-state index contributed by atoms with van der Waals surface area (Å²) in [5, 5.41) is 5.96. The van der Waals surface area contributed by atoms with E-state index < -0.39 is 10.0 Å². The number of carbonyl (C=O) groups excluding carboxylic acids is 1. The quantitative estimate of drug-likeness (QED) is 0.781. The van der Waals surface area contributed by atoms with Crippen LogP contribution in [0.15, 0.2) is 40.7 Å². The lowest BCUT2D eigenvalue weighted by Gasteiger charge is -2.33. The lowest BCUT2D eigenvalue weighted by Crippen LogP contribution is -2.51. The molecule has 1 amide bonds. The number of thiazole rings is 1. The van der Waals surface area contributed by atoms with Gasteiger partial charge in [-0.2, -0.15) is 4.31 Å². The number of rotatable bonds is 5. The molecule has 9 heteroatoms. The van der Waals surface area contributed by atoms with Gasteiger partial charge in [0.25, 0.3) is 0 Å². The van der Waals surface area contributed by atoms with Gasteiger partial charge in [-0.05, 0) is 44.7 Å². The first-order chi connectivity index (χ1) is 13.9. The fraction of sp³-hybridized carbons (Fsp3) is 0.500. The molecule has 4 rings (SSSR count). The highest BCUT2D eigenvalue weighted by Crippen LogP contribution is 2.28. The number of carbonyl (C=O) groups is 1.